The number of hydrogen-bond acceptors (Lipinski definition) is 6. The topological polar surface area (TPSA) is 85.4 Å². The fourth-order valence-corrected chi connectivity index (χ4v) is 2.33. The molecule has 2 rings (SSSR count). The van der Waals surface area contributed by atoms with E-state index >= 15 is 0 Å². The van der Waals surface area contributed by atoms with Gasteiger partial charge in [-0.05, 0) is 25.5 Å². The van der Waals surface area contributed by atoms with Crippen molar-refractivity contribution in [3.8, 4) is 5.75 Å². The zero-order chi connectivity index (χ0) is 18.4. The predicted molar refractivity (Wildman–Crippen MR) is 97.0 cm³/mol. The van der Waals surface area contributed by atoms with Gasteiger partial charge in [0, 0.05) is 30.8 Å². The third kappa shape index (κ3) is 5.04. The molecule has 0 fully saturated rings. The fraction of sp³-hybridized carbons (Fsp3) is 0.353. The first-order valence-corrected chi connectivity index (χ1v) is 8.06. The number of halogens is 1. The number of rotatable bonds is 7. The minimum atomic E-state index is -0.287. The van der Waals surface area contributed by atoms with Crippen LogP contribution in [-0.2, 0) is 4.74 Å². The number of carbonyl (C=O) groups excluding carboxylic acids is 1. The van der Waals surface area contributed by atoms with E-state index in [1.54, 1.807) is 33.3 Å². The van der Waals surface area contributed by atoms with Crippen molar-refractivity contribution in [2.75, 3.05) is 32.7 Å². The number of anilines is 2. The van der Waals surface area contributed by atoms with Crippen LogP contribution >= 0.6 is 11.6 Å². The Balaban J connectivity index is 2.26. The van der Waals surface area contributed by atoms with Gasteiger partial charge in [0.25, 0.3) is 5.91 Å². The van der Waals surface area contributed by atoms with Gasteiger partial charge in [0.15, 0.2) is 0 Å². The molecule has 1 aromatic heterocycles. The van der Waals surface area contributed by atoms with E-state index in [0.717, 1.165) is 5.56 Å². The molecular weight excluding hydrogens is 344 g/mol. The summed E-state index contributed by atoms with van der Waals surface area (Å²) in [5, 5.41) is 6.50. The van der Waals surface area contributed by atoms with E-state index in [1.807, 2.05) is 13.0 Å². The molecule has 0 radical (unpaired) electrons. The van der Waals surface area contributed by atoms with Crippen molar-refractivity contribution in [3.63, 3.8) is 0 Å². The average Bonchev–Trinajstić information content (AvgIpc) is 2.57. The summed E-state index contributed by atoms with van der Waals surface area (Å²) in [6, 6.07) is 5.17. The van der Waals surface area contributed by atoms with Crippen LogP contribution in [0.5, 0.6) is 5.75 Å². The third-order valence-corrected chi connectivity index (χ3v) is 3.81. The molecule has 7 nitrogen and oxygen atoms in total. The summed E-state index contributed by atoms with van der Waals surface area (Å²) in [6.07, 6.45) is 0. The van der Waals surface area contributed by atoms with Crippen molar-refractivity contribution in [1.29, 1.82) is 0 Å². The predicted octanol–water partition coefficient (Wildman–Crippen LogP) is 2.88. The lowest BCUT2D eigenvalue weighted by molar-refractivity contribution is 0.0932. The van der Waals surface area contributed by atoms with E-state index in [2.05, 4.69) is 20.6 Å². The summed E-state index contributed by atoms with van der Waals surface area (Å²) in [4.78, 5) is 20.7. The van der Waals surface area contributed by atoms with Gasteiger partial charge in [-0.1, -0.05) is 11.6 Å². The maximum Gasteiger partial charge on any atom is 0.270 e. The van der Waals surface area contributed by atoms with E-state index in [4.69, 9.17) is 21.1 Å². The van der Waals surface area contributed by atoms with E-state index in [1.165, 1.54) is 0 Å². The fourth-order valence-electron chi connectivity index (χ4n) is 2.17. The minimum Gasteiger partial charge on any atom is -0.495 e. The Morgan fingerprint density at radius 3 is 2.64 bits per heavy atom. The van der Waals surface area contributed by atoms with Crippen LogP contribution in [0.25, 0.3) is 0 Å². The summed E-state index contributed by atoms with van der Waals surface area (Å²) in [5.41, 5.74) is 1.87. The molecule has 2 aromatic rings. The van der Waals surface area contributed by atoms with Crippen LogP contribution in [0.2, 0.25) is 5.02 Å². The second-order valence-electron chi connectivity index (χ2n) is 5.36. The van der Waals surface area contributed by atoms with E-state index < -0.39 is 0 Å². The first kappa shape index (κ1) is 19.0. The molecule has 0 spiro atoms. The van der Waals surface area contributed by atoms with Crippen molar-refractivity contribution < 1.29 is 14.3 Å². The van der Waals surface area contributed by atoms with Gasteiger partial charge in [-0.2, -0.15) is 0 Å². The number of aryl methyl sites for hydroxylation is 2. The Hall–Kier alpha value is -2.38. The van der Waals surface area contributed by atoms with Gasteiger partial charge in [0.05, 0.1) is 19.4 Å². The molecule has 0 atom stereocenters. The number of nitrogens with one attached hydrogen (secondary N) is 2. The molecule has 0 bridgehead atoms. The average molecular weight is 365 g/mol. The summed E-state index contributed by atoms with van der Waals surface area (Å²) in [6.45, 7) is 4.46. The second-order valence-corrected chi connectivity index (χ2v) is 5.77. The highest BCUT2D eigenvalue weighted by atomic mass is 35.5. The Morgan fingerprint density at radius 2 is 1.96 bits per heavy atom. The number of nitrogens with zero attached hydrogens (tertiary/aromatic N) is 2. The van der Waals surface area contributed by atoms with Gasteiger partial charge >= 0.3 is 0 Å². The number of methoxy groups -OCH3 is 2. The SMILES string of the molecule is COCCNC(=O)c1cc(Nc2cc(C)c(Cl)cc2OC)nc(C)n1. The number of aromatic nitrogens is 2. The van der Waals surface area contributed by atoms with E-state index in [9.17, 15) is 4.79 Å². The third-order valence-electron chi connectivity index (χ3n) is 3.41. The standard InChI is InChI=1S/C17H21ClN4O3/c1-10-7-13(15(25-4)8-12(10)18)22-16-9-14(20-11(2)21-16)17(23)19-5-6-24-3/h7-9H,5-6H2,1-4H3,(H,19,23)(H,20,21,22). The highest BCUT2D eigenvalue weighted by Gasteiger charge is 2.12. The number of carbonyl (C=O) groups is 1. The summed E-state index contributed by atoms with van der Waals surface area (Å²) < 4.78 is 10.3. The van der Waals surface area contributed by atoms with Gasteiger partial charge in [-0.3, -0.25) is 4.79 Å². The van der Waals surface area contributed by atoms with Gasteiger partial charge in [0.2, 0.25) is 0 Å². The molecule has 0 saturated carbocycles. The van der Waals surface area contributed by atoms with E-state index in [-0.39, 0.29) is 11.6 Å². The molecule has 0 aliphatic carbocycles. The first-order valence-electron chi connectivity index (χ1n) is 7.68. The van der Waals surface area contributed by atoms with Crippen LogP contribution in [0.1, 0.15) is 21.9 Å². The van der Waals surface area contributed by atoms with Gasteiger partial charge in [0.1, 0.15) is 23.1 Å². The molecule has 0 saturated heterocycles. The van der Waals surface area contributed by atoms with Crippen molar-refractivity contribution >= 4 is 29.0 Å². The molecular formula is C17H21ClN4O3. The number of amides is 1. The molecule has 0 aliphatic rings. The zero-order valence-corrected chi connectivity index (χ0v) is 15.4. The highest BCUT2D eigenvalue weighted by molar-refractivity contribution is 6.31. The van der Waals surface area contributed by atoms with Gasteiger partial charge < -0.3 is 20.1 Å². The number of ether oxygens (including phenoxy) is 2. The zero-order valence-electron chi connectivity index (χ0n) is 14.6. The Labute approximate surface area is 151 Å². The largest absolute Gasteiger partial charge is 0.495 e. The molecule has 1 amide bonds. The smallest absolute Gasteiger partial charge is 0.270 e. The molecule has 1 heterocycles. The lowest BCUT2D eigenvalue weighted by atomic mass is 10.2. The molecule has 0 unspecified atom stereocenters. The first-order chi connectivity index (χ1) is 11.9. The van der Waals surface area contributed by atoms with Crippen LogP contribution in [-0.4, -0.2) is 43.2 Å². The number of benzene rings is 1. The Kier molecular flexibility index (Phi) is 6.55. The molecule has 0 aliphatic heterocycles. The highest BCUT2D eigenvalue weighted by Crippen LogP contribution is 2.32. The van der Waals surface area contributed by atoms with Crippen molar-refractivity contribution in [3.05, 3.63) is 40.3 Å². The molecule has 8 heteroatoms. The molecule has 25 heavy (non-hydrogen) atoms. The quantitative estimate of drug-likeness (QED) is 0.735. The lowest BCUT2D eigenvalue weighted by Gasteiger charge is -2.13. The van der Waals surface area contributed by atoms with Crippen LogP contribution < -0.4 is 15.4 Å². The number of hydrogen-bond donors (Lipinski definition) is 2. The van der Waals surface area contributed by atoms with Crippen molar-refractivity contribution in [1.82, 2.24) is 15.3 Å². The van der Waals surface area contributed by atoms with E-state index in [0.29, 0.717) is 41.3 Å². The normalized spacial score (nSPS) is 10.4. The van der Waals surface area contributed by atoms with Crippen molar-refractivity contribution in [2.45, 2.75) is 13.8 Å². The van der Waals surface area contributed by atoms with Gasteiger partial charge in [-0.25, -0.2) is 9.97 Å². The summed E-state index contributed by atoms with van der Waals surface area (Å²) in [7, 11) is 3.14. The Morgan fingerprint density at radius 1 is 1.20 bits per heavy atom. The van der Waals surface area contributed by atoms with Crippen LogP contribution in [0.4, 0.5) is 11.5 Å². The Bertz CT molecular complexity index is 768. The van der Waals surface area contributed by atoms with Crippen LogP contribution in [0.3, 0.4) is 0 Å². The molecule has 134 valence electrons. The van der Waals surface area contributed by atoms with Crippen LogP contribution in [0, 0.1) is 13.8 Å². The second kappa shape index (κ2) is 8.64. The van der Waals surface area contributed by atoms with Crippen molar-refractivity contribution in [2.24, 2.45) is 0 Å². The molecule has 1 aromatic carbocycles. The van der Waals surface area contributed by atoms with Gasteiger partial charge in [-0.15, -0.1) is 0 Å². The monoisotopic (exact) mass is 364 g/mol. The van der Waals surface area contributed by atoms with Crippen LogP contribution in [0.15, 0.2) is 18.2 Å². The lowest BCUT2D eigenvalue weighted by Crippen LogP contribution is -2.28. The maximum absolute atomic E-state index is 12.2. The maximum atomic E-state index is 12.2. The minimum absolute atomic E-state index is 0.274. The summed E-state index contributed by atoms with van der Waals surface area (Å²) in [5.74, 6) is 1.26. The summed E-state index contributed by atoms with van der Waals surface area (Å²) >= 11 is 6.12. The molecule has 2 N–H and O–H groups in total.